The average molecular weight is 840 g/mol. The highest BCUT2D eigenvalue weighted by Crippen LogP contribution is 2.38. The normalized spacial score (nSPS) is 18.1. The van der Waals surface area contributed by atoms with Crippen LogP contribution in [0.25, 0.3) is 0 Å². The fraction of sp³-hybridized carbons (Fsp3) is 0.638. The molecule has 2 aromatic carbocycles. The number of Topliss-reactive ketones (excluding diaryl/α,β-unsaturated/α-hetero) is 1. The third-order valence-corrected chi connectivity index (χ3v) is 11.3. The monoisotopic (exact) mass is 840 g/mol. The van der Waals surface area contributed by atoms with Crippen LogP contribution in [0.1, 0.15) is 119 Å². The molecular weight excluding hydrogens is 763 g/mol. The molecular formula is C47H77N5O6S. The molecule has 0 bridgehead atoms. The Morgan fingerprint density at radius 3 is 1.78 bits per heavy atom. The number of ketones is 1. The molecule has 12 heteroatoms. The van der Waals surface area contributed by atoms with Gasteiger partial charge in [-0.1, -0.05) is 107 Å². The van der Waals surface area contributed by atoms with Crippen molar-refractivity contribution in [1.82, 2.24) is 26.2 Å². The van der Waals surface area contributed by atoms with Crippen LogP contribution in [-0.2, 0) is 35.1 Å². The van der Waals surface area contributed by atoms with E-state index in [1.165, 1.54) is 30.4 Å². The summed E-state index contributed by atoms with van der Waals surface area (Å²) in [6.45, 7) is 24.9. The number of carbonyl (C=O) groups is 5. The number of aryl methyl sites for hydroxylation is 2. The Kier molecular flexibility index (Phi) is 24.5. The van der Waals surface area contributed by atoms with E-state index in [0.29, 0.717) is 25.4 Å². The van der Waals surface area contributed by atoms with Gasteiger partial charge in [0.05, 0.1) is 25.7 Å². The van der Waals surface area contributed by atoms with E-state index in [-0.39, 0.29) is 60.5 Å². The lowest BCUT2D eigenvalue weighted by molar-refractivity contribution is -0.130. The highest BCUT2D eigenvalue weighted by Gasteiger charge is 2.50. The van der Waals surface area contributed by atoms with E-state index < -0.39 is 16.4 Å². The van der Waals surface area contributed by atoms with Crippen molar-refractivity contribution >= 4 is 42.5 Å². The van der Waals surface area contributed by atoms with Gasteiger partial charge in [-0.15, -0.1) is 0 Å². The zero-order chi connectivity index (χ0) is 44.6. The van der Waals surface area contributed by atoms with Gasteiger partial charge >= 0.3 is 0 Å². The average Bonchev–Trinajstić information content (AvgIpc) is 3.94. The van der Waals surface area contributed by atoms with E-state index in [4.69, 9.17) is 17.4 Å². The number of amides is 4. The Morgan fingerprint density at radius 1 is 0.814 bits per heavy atom. The van der Waals surface area contributed by atoms with Crippen molar-refractivity contribution in [3.8, 4) is 0 Å². The number of hydrogen-bond donors (Lipinski definition) is 5. The van der Waals surface area contributed by atoms with Crippen LogP contribution in [0.5, 0.6) is 0 Å². The largest absolute Gasteiger partial charge is 0.361 e. The molecule has 11 nitrogen and oxygen atoms in total. The molecule has 0 radical (unpaired) electrons. The third kappa shape index (κ3) is 21.9. The van der Waals surface area contributed by atoms with Crippen LogP contribution >= 0.6 is 12.6 Å². The zero-order valence-electron chi connectivity index (χ0n) is 38.0. The Labute approximate surface area is 361 Å². The summed E-state index contributed by atoms with van der Waals surface area (Å²) in [5, 5.41) is 10.6. The summed E-state index contributed by atoms with van der Waals surface area (Å²) in [7, 11) is 0. The molecule has 2 aliphatic rings. The van der Waals surface area contributed by atoms with Gasteiger partial charge in [-0.25, -0.2) is 0 Å². The van der Waals surface area contributed by atoms with Crippen LogP contribution in [0.3, 0.4) is 0 Å². The molecule has 4 rings (SSSR count). The Morgan fingerprint density at radius 2 is 1.34 bits per heavy atom. The minimum atomic E-state index is -0.745. The molecule has 2 aromatic rings. The van der Waals surface area contributed by atoms with Crippen molar-refractivity contribution in [1.29, 1.82) is 0 Å². The molecule has 0 spiro atoms. The van der Waals surface area contributed by atoms with Crippen LogP contribution in [0.2, 0.25) is 0 Å². The number of epoxide rings is 1. The summed E-state index contributed by atoms with van der Waals surface area (Å²) in [6.07, 6.45) is 7.05. The topological polar surface area (TPSA) is 149 Å². The van der Waals surface area contributed by atoms with Crippen LogP contribution < -0.4 is 21.3 Å². The number of carbonyl (C=O) groups excluding carboxylic acids is 5. The summed E-state index contributed by atoms with van der Waals surface area (Å²) >= 11 is 4.85. The lowest BCUT2D eigenvalue weighted by Gasteiger charge is -2.50. The predicted octanol–water partition coefficient (Wildman–Crippen LogP) is 6.86. The van der Waals surface area contributed by atoms with Crippen molar-refractivity contribution in [2.24, 2.45) is 11.8 Å². The van der Waals surface area contributed by atoms with Crippen molar-refractivity contribution in [2.45, 2.75) is 149 Å². The third-order valence-electron chi connectivity index (χ3n) is 10.6. The second-order valence-corrected chi connectivity index (χ2v) is 18.5. The second-order valence-electron chi connectivity index (χ2n) is 17.6. The standard InChI is InChI=1S/C20H39N3O2S.C12H20N2O4.C8H10.C7H8/c1-15(2)12-16(3)22-18(25)14-21-17(24)13-20(6,26)19(4,5)23-10-8-7-9-11-23;1-8(2)4-9(11(17)12(3)6-18-12)14-10(16)5-13-7-15;1-2-8-6-4-3-5-7-8;1-7-5-3-2-4-6-7/h15-16,26H,7-14H2,1-6H3,(H,21,24)(H,22,25);7-9H,4-6H2,1-3H3,(H,13,15)(H,14,16);3-7H,2H2,1H3;2-6H,1H3/t16-,20?;;;/m1.../s1. The molecule has 332 valence electrons. The fourth-order valence-corrected chi connectivity index (χ4v) is 6.89. The molecule has 2 saturated heterocycles. The number of piperidine rings is 1. The van der Waals surface area contributed by atoms with Gasteiger partial charge < -0.3 is 26.0 Å². The molecule has 4 N–H and O–H groups in total. The quantitative estimate of drug-likeness (QED) is 0.0626. The Balaban J connectivity index is 0.000000448. The second kappa shape index (κ2) is 27.2. The minimum Gasteiger partial charge on any atom is -0.361 e. The molecule has 2 fully saturated rings. The molecule has 4 amide bonds. The predicted molar refractivity (Wildman–Crippen MR) is 243 cm³/mol. The Hall–Kier alpha value is -3.74. The molecule has 4 atom stereocenters. The molecule has 59 heavy (non-hydrogen) atoms. The highest BCUT2D eigenvalue weighted by atomic mass is 32.1. The number of nitrogens with one attached hydrogen (secondary N) is 4. The van der Waals surface area contributed by atoms with E-state index in [0.717, 1.165) is 25.9 Å². The zero-order valence-corrected chi connectivity index (χ0v) is 38.9. The van der Waals surface area contributed by atoms with Crippen LogP contribution in [0.4, 0.5) is 0 Å². The van der Waals surface area contributed by atoms with Gasteiger partial charge in [-0.3, -0.25) is 28.9 Å². The summed E-state index contributed by atoms with van der Waals surface area (Å²) < 4.78 is 4.63. The number of benzene rings is 2. The van der Waals surface area contributed by atoms with Crippen LogP contribution in [-0.4, -0.2) is 95.6 Å². The van der Waals surface area contributed by atoms with E-state index in [1.54, 1.807) is 6.92 Å². The van der Waals surface area contributed by atoms with Gasteiger partial charge in [0, 0.05) is 22.7 Å². The van der Waals surface area contributed by atoms with Crippen molar-refractivity contribution in [2.75, 3.05) is 32.8 Å². The molecule has 0 saturated carbocycles. The highest BCUT2D eigenvalue weighted by molar-refractivity contribution is 7.82. The van der Waals surface area contributed by atoms with Gasteiger partial charge in [0.15, 0.2) is 5.78 Å². The summed E-state index contributed by atoms with van der Waals surface area (Å²) in [5.41, 5.74) is 1.79. The van der Waals surface area contributed by atoms with Crippen LogP contribution in [0, 0.1) is 18.8 Å². The van der Waals surface area contributed by atoms with E-state index in [9.17, 15) is 24.0 Å². The maximum atomic E-state index is 12.4. The first-order valence-corrected chi connectivity index (χ1v) is 21.9. The van der Waals surface area contributed by atoms with Gasteiger partial charge in [0.2, 0.25) is 24.1 Å². The van der Waals surface area contributed by atoms with Gasteiger partial charge in [-0.05, 0) is 104 Å². The Bertz CT molecular complexity index is 1530. The fourth-order valence-electron chi connectivity index (χ4n) is 6.61. The number of likely N-dealkylation sites (tertiary alicyclic amines) is 1. The molecule has 2 heterocycles. The number of nitrogens with zero attached hydrogens (tertiary/aromatic N) is 1. The first kappa shape index (κ1) is 53.3. The maximum absolute atomic E-state index is 12.4. The molecule has 0 aromatic heterocycles. The molecule has 0 aliphatic carbocycles. The van der Waals surface area contributed by atoms with E-state index in [1.807, 2.05) is 52.0 Å². The number of rotatable bonds is 18. The smallest absolute Gasteiger partial charge is 0.239 e. The van der Waals surface area contributed by atoms with Gasteiger partial charge in [0.1, 0.15) is 5.60 Å². The first-order valence-electron chi connectivity index (χ1n) is 21.4. The number of hydrogen-bond acceptors (Lipinski definition) is 8. The van der Waals surface area contributed by atoms with Crippen molar-refractivity contribution in [3.63, 3.8) is 0 Å². The summed E-state index contributed by atoms with van der Waals surface area (Å²) in [4.78, 5) is 60.6. The lowest BCUT2D eigenvalue weighted by atomic mass is 9.82. The van der Waals surface area contributed by atoms with Gasteiger partial charge in [-0.2, -0.15) is 12.6 Å². The lowest BCUT2D eigenvalue weighted by Crippen LogP contribution is -2.59. The summed E-state index contributed by atoms with van der Waals surface area (Å²) in [6, 6.07) is 20.3. The van der Waals surface area contributed by atoms with Crippen molar-refractivity contribution in [3.05, 3.63) is 71.8 Å². The van der Waals surface area contributed by atoms with Crippen molar-refractivity contribution < 1.29 is 28.7 Å². The maximum Gasteiger partial charge on any atom is 0.239 e. The summed E-state index contributed by atoms with van der Waals surface area (Å²) in [5.74, 6) is 0.0744. The minimum absolute atomic E-state index is 0.0231. The van der Waals surface area contributed by atoms with Crippen LogP contribution in [0.15, 0.2) is 60.7 Å². The number of ether oxygens (including phenoxy) is 1. The molecule has 2 aliphatic heterocycles. The molecule has 3 unspecified atom stereocenters. The van der Waals surface area contributed by atoms with Gasteiger partial charge in [0.25, 0.3) is 0 Å². The van der Waals surface area contributed by atoms with E-state index in [2.05, 4.69) is 104 Å². The number of thiol groups is 1. The first-order chi connectivity index (χ1) is 27.7. The SMILES string of the molecule is CC(C)CC(NC(=O)CNC=O)C(=O)C1(C)CO1.CC(C)C[C@@H](C)NC(=O)CNC(=O)CC(C)(S)C(C)(C)N1CCCCC1.CCc1ccccc1.Cc1ccccc1. The van der Waals surface area contributed by atoms with E-state index >= 15 is 0 Å².